The molecule has 0 radical (unpaired) electrons. The smallest absolute Gasteiger partial charge is 0.313 e. The lowest BCUT2D eigenvalue weighted by Crippen LogP contribution is -2.35. The second kappa shape index (κ2) is 9.38. The van der Waals surface area contributed by atoms with Gasteiger partial charge in [0, 0.05) is 24.3 Å². The van der Waals surface area contributed by atoms with Gasteiger partial charge in [-0.3, -0.25) is 4.90 Å². The van der Waals surface area contributed by atoms with E-state index in [1.54, 1.807) is 0 Å². The molecule has 2 amide bonds. The molecule has 2 aromatic carbocycles. The average molecular weight is 482 g/mol. The van der Waals surface area contributed by atoms with Crippen LogP contribution in [0.15, 0.2) is 42.5 Å². The van der Waals surface area contributed by atoms with Crippen molar-refractivity contribution in [3.63, 3.8) is 0 Å². The summed E-state index contributed by atoms with van der Waals surface area (Å²) >= 11 is 5.79. The van der Waals surface area contributed by atoms with E-state index in [2.05, 4.69) is 15.5 Å². The third kappa shape index (κ3) is 5.27. The van der Waals surface area contributed by atoms with Crippen molar-refractivity contribution in [1.82, 2.24) is 14.8 Å². The minimum atomic E-state index is -4.57. The minimum absolute atomic E-state index is 0.0292. The molecule has 1 aliphatic rings. The number of anilines is 2. The highest BCUT2D eigenvalue weighted by molar-refractivity contribution is 6.31. The number of urea groups is 1. The molecule has 174 valence electrons. The number of halogens is 5. The normalized spacial score (nSPS) is 13.8. The summed E-state index contributed by atoms with van der Waals surface area (Å²) in [5.74, 6) is 0.601. The molecule has 33 heavy (non-hydrogen) atoms. The lowest BCUT2D eigenvalue weighted by atomic mass is 10.2. The zero-order chi connectivity index (χ0) is 23.6. The zero-order valence-corrected chi connectivity index (χ0v) is 18.1. The van der Waals surface area contributed by atoms with Crippen molar-refractivity contribution in [2.24, 2.45) is 0 Å². The standard InChI is InChI=1S/C22H20ClF4N5O/c23-17-12-15(8-9-18(17)24)28-21(33)32(16-6-4-5-14(11-16)22(25,26)27)13-20-30-29-19-7-2-1-3-10-31(19)20/h4-6,8-9,11-12H,1-3,7,10,13H2,(H,28,33). The Bertz CT molecular complexity index is 1160. The van der Waals surface area contributed by atoms with Crippen LogP contribution in [0, 0.1) is 5.82 Å². The summed E-state index contributed by atoms with van der Waals surface area (Å²) in [7, 11) is 0. The van der Waals surface area contributed by atoms with E-state index in [4.69, 9.17) is 11.6 Å². The molecular weight excluding hydrogens is 462 g/mol. The predicted molar refractivity (Wildman–Crippen MR) is 116 cm³/mol. The summed E-state index contributed by atoms with van der Waals surface area (Å²) in [5, 5.41) is 10.8. The summed E-state index contributed by atoms with van der Waals surface area (Å²) in [6, 6.07) is 7.38. The molecule has 0 saturated carbocycles. The third-order valence-electron chi connectivity index (χ3n) is 5.39. The lowest BCUT2D eigenvalue weighted by molar-refractivity contribution is -0.137. The number of aryl methyl sites for hydroxylation is 1. The Hall–Kier alpha value is -3.14. The fourth-order valence-electron chi connectivity index (χ4n) is 3.70. The van der Waals surface area contributed by atoms with E-state index >= 15 is 0 Å². The molecule has 11 heteroatoms. The SMILES string of the molecule is O=C(Nc1ccc(F)c(Cl)c1)N(Cc1nnc2n1CCCCC2)c1cccc(C(F)(F)F)c1. The number of carbonyl (C=O) groups excluding carboxylic acids is 1. The number of nitrogens with zero attached hydrogens (tertiary/aromatic N) is 4. The third-order valence-corrected chi connectivity index (χ3v) is 5.68. The van der Waals surface area contributed by atoms with Gasteiger partial charge in [0.15, 0.2) is 5.82 Å². The number of carbonyl (C=O) groups is 1. The quantitative estimate of drug-likeness (QED) is 0.461. The van der Waals surface area contributed by atoms with Crippen LogP contribution in [0.2, 0.25) is 5.02 Å². The number of aromatic nitrogens is 3. The molecule has 0 spiro atoms. The van der Waals surface area contributed by atoms with Crippen LogP contribution < -0.4 is 10.2 Å². The molecule has 0 bridgehead atoms. The highest BCUT2D eigenvalue weighted by atomic mass is 35.5. The van der Waals surface area contributed by atoms with E-state index in [-0.39, 0.29) is 22.9 Å². The topological polar surface area (TPSA) is 63.1 Å². The molecule has 3 aromatic rings. The number of fused-ring (bicyclic) bond motifs is 1. The molecule has 0 atom stereocenters. The Morgan fingerprint density at radius 3 is 2.70 bits per heavy atom. The fraction of sp³-hybridized carbons (Fsp3) is 0.318. The Balaban J connectivity index is 1.68. The van der Waals surface area contributed by atoms with Crippen LogP contribution in [0.1, 0.15) is 36.5 Å². The van der Waals surface area contributed by atoms with Crippen molar-refractivity contribution in [2.45, 2.75) is 44.9 Å². The van der Waals surface area contributed by atoms with Gasteiger partial charge in [-0.15, -0.1) is 10.2 Å². The van der Waals surface area contributed by atoms with Crippen molar-refractivity contribution in [3.05, 3.63) is 70.5 Å². The largest absolute Gasteiger partial charge is 0.416 e. The van der Waals surface area contributed by atoms with Crippen molar-refractivity contribution in [3.8, 4) is 0 Å². The summed E-state index contributed by atoms with van der Waals surface area (Å²) in [5.41, 5.74) is -0.660. The Labute approximate surface area is 192 Å². The minimum Gasteiger partial charge on any atom is -0.313 e. The molecule has 2 heterocycles. The number of hydrogen-bond acceptors (Lipinski definition) is 3. The maximum atomic E-state index is 13.5. The van der Waals surface area contributed by atoms with Crippen LogP contribution in [-0.4, -0.2) is 20.8 Å². The van der Waals surface area contributed by atoms with E-state index in [1.165, 1.54) is 24.3 Å². The van der Waals surface area contributed by atoms with Gasteiger partial charge in [-0.05, 0) is 49.2 Å². The molecule has 0 unspecified atom stereocenters. The van der Waals surface area contributed by atoms with Crippen LogP contribution in [-0.2, 0) is 25.7 Å². The number of amides is 2. The average Bonchev–Trinajstić information content (AvgIpc) is 2.99. The van der Waals surface area contributed by atoms with Crippen LogP contribution in [0.4, 0.5) is 33.7 Å². The van der Waals surface area contributed by atoms with Gasteiger partial charge in [-0.25, -0.2) is 9.18 Å². The number of hydrogen-bond donors (Lipinski definition) is 1. The molecule has 1 aliphatic heterocycles. The van der Waals surface area contributed by atoms with Crippen LogP contribution in [0.3, 0.4) is 0 Å². The molecule has 0 fully saturated rings. The second-order valence-corrected chi connectivity index (χ2v) is 8.10. The van der Waals surface area contributed by atoms with Crippen molar-refractivity contribution < 1.29 is 22.4 Å². The zero-order valence-electron chi connectivity index (χ0n) is 17.4. The number of nitrogens with one attached hydrogen (secondary N) is 1. The van der Waals surface area contributed by atoms with Gasteiger partial charge in [0.2, 0.25) is 0 Å². The molecule has 0 saturated heterocycles. The van der Waals surface area contributed by atoms with E-state index in [9.17, 15) is 22.4 Å². The van der Waals surface area contributed by atoms with Gasteiger partial charge in [0.05, 0.1) is 17.1 Å². The maximum absolute atomic E-state index is 13.5. The number of rotatable bonds is 4. The predicted octanol–water partition coefficient (Wildman–Crippen LogP) is 6.05. The molecule has 6 nitrogen and oxygen atoms in total. The van der Waals surface area contributed by atoms with Gasteiger partial charge < -0.3 is 9.88 Å². The van der Waals surface area contributed by atoms with Crippen molar-refractivity contribution >= 4 is 29.0 Å². The van der Waals surface area contributed by atoms with E-state index in [0.29, 0.717) is 12.4 Å². The Morgan fingerprint density at radius 2 is 1.94 bits per heavy atom. The summed E-state index contributed by atoms with van der Waals surface area (Å²) < 4.78 is 55.3. The van der Waals surface area contributed by atoms with Gasteiger partial charge in [-0.1, -0.05) is 24.1 Å². The van der Waals surface area contributed by atoms with Gasteiger partial charge in [0.25, 0.3) is 0 Å². The van der Waals surface area contributed by atoms with Crippen molar-refractivity contribution in [1.29, 1.82) is 0 Å². The Morgan fingerprint density at radius 1 is 1.12 bits per heavy atom. The summed E-state index contributed by atoms with van der Waals surface area (Å²) in [4.78, 5) is 14.3. The molecule has 0 aliphatic carbocycles. The van der Waals surface area contributed by atoms with Gasteiger partial charge >= 0.3 is 12.2 Å². The highest BCUT2D eigenvalue weighted by Gasteiger charge is 2.32. The Kier molecular flexibility index (Phi) is 6.55. The lowest BCUT2D eigenvalue weighted by Gasteiger charge is -2.24. The summed E-state index contributed by atoms with van der Waals surface area (Å²) in [6.45, 7) is 0.568. The highest BCUT2D eigenvalue weighted by Crippen LogP contribution is 2.32. The molecule has 1 N–H and O–H groups in total. The number of benzene rings is 2. The van der Waals surface area contributed by atoms with E-state index in [0.717, 1.165) is 54.6 Å². The fourth-order valence-corrected chi connectivity index (χ4v) is 3.88. The van der Waals surface area contributed by atoms with Crippen molar-refractivity contribution in [2.75, 3.05) is 10.2 Å². The van der Waals surface area contributed by atoms with Gasteiger partial charge in [-0.2, -0.15) is 13.2 Å². The first-order chi connectivity index (χ1) is 15.7. The van der Waals surface area contributed by atoms with E-state index in [1.807, 2.05) is 4.57 Å². The summed E-state index contributed by atoms with van der Waals surface area (Å²) in [6.07, 6.45) is -0.902. The molecule has 1 aromatic heterocycles. The maximum Gasteiger partial charge on any atom is 0.416 e. The first kappa shape index (κ1) is 23.0. The first-order valence-corrected chi connectivity index (χ1v) is 10.7. The monoisotopic (exact) mass is 481 g/mol. The molecular formula is C22H20ClF4N5O. The second-order valence-electron chi connectivity index (χ2n) is 7.69. The van der Waals surface area contributed by atoms with Crippen LogP contribution in [0.25, 0.3) is 0 Å². The number of alkyl halides is 3. The molecule has 4 rings (SSSR count). The first-order valence-electron chi connectivity index (χ1n) is 10.3. The van der Waals surface area contributed by atoms with E-state index < -0.39 is 23.6 Å². The van der Waals surface area contributed by atoms with Gasteiger partial charge in [0.1, 0.15) is 11.6 Å². The van der Waals surface area contributed by atoms with Crippen LogP contribution >= 0.6 is 11.6 Å². The van der Waals surface area contributed by atoms with Crippen LogP contribution in [0.5, 0.6) is 0 Å².